The summed E-state index contributed by atoms with van der Waals surface area (Å²) in [5, 5.41) is 8.92. The summed E-state index contributed by atoms with van der Waals surface area (Å²) in [5.74, 6) is 1.96. The topological polar surface area (TPSA) is 50.8 Å². The molecule has 0 saturated carbocycles. The van der Waals surface area contributed by atoms with Crippen LogP contribution >= 0.6 is 0 Å². The number of nitrogens with zero attached hydrogens (tertiary/aromatic N) is 3. The summed E-state index contributed by atoms with van der Waals surface area (Å²) in [5.41, 5.74) is 6.60. The van der Waals surface area contributed by atoms with Crippen LogP contribution in [-0.2, 0) is 13.0 Å². The van der Waals surface area contributed by atoms with E-state index in [-0.39, 0.29) is 5.92 Å². The first-order chi connectivity index (χ1) is 17.5. The standard InChI is InChI=1S/C16H19N3.C15H17BO/c1-12(10-17)11-19-8-7-18-16(19)9-15-13(2)5-4-6-14(15)3;1-3-16(13-8-5-4-6-9-13)14-10-7-11-15(12-14)17-2/h4-8,12H,9,11H2,1-3H3;4-12H,3H2,1-2H3. The smallest absolute Gasteiger partial charge is 0.209 e. The summed E-state index contributed by atoms with van der Waals surface area (Å²) in [7, 11) is 1.71. The first-order valence-electron chi connectivity index (χ1n) is 12.6. The van der Waals surface area contributed by atoms with Crippen LogP contribution in [0.2, 0.25) is 6.32 Å². The number of hydrogen-bond acceptors (Lipinski definition) is 3. The van der Waals surface area contributed by atoms with Crippen LogP contribution < -0.4 is 15.7 Å². The molecule has 184 valence electrons. The van der Waals surface area contributed by atoms with Gasteiger partial charge in [-0.15, -0.1) is 0 Å². The van der Waals surface area contributed by atoms with E-state index >= 15 is 0 Å². The molecular formula is C31H36BN3O. The Morgan fingerprint density at radius 1 is 0.972 bits per heavy atom. The average molecular weight is 477 g/mol. The number of ether oxygens (including phenoxy) is 1. The number of hydrogen-bond donors (Lipinski definition) is 0. The van der Waals surface area contributed by atoms with Crippen LogP contribution in [0.15, 0.2) is 85.2 Å². The summed E-state index contributed by atoms with van der Waals surface area (Å²) in [6.07, 6.45) is 5.69. The molecule has 0 saturated heterocycles. The Bertz CT molecular complexity index is 1260. The summed E-state index contributed by atoms with van der Waals surface area (Å²) >= 11 is 0. The van der Waals surface area contributed by atoms with Crippen LogP contribution in [0.3, 0.4) is 0 Å². The predicted molar refractivity (Wildman–Crippen MR) is 151 cm³/mol. The average Bonchev–Trinajstić information content (AvgIpc) is 3.34. The van der Waals surface area contributed by atoms with Crippen LogP contribution in [0.4, 0.5) is 0 Å². The number of aromatic nitrogens is 2. The minimum absolute atomic E-state index is 0.00548. The van der Waals surface area contributed by atoms with Gasteiger partial charge in [-0.1, -0.05) is 84.8 Å². The molecular weight excluding hydrogens is 441 g/mol. The first-order valence-corrected chi connectivity index (χ1v) is 12.6. The van der Waals surface area contributed by atoms with Crippen molar-refractivity contribution in [3.63, 3.8) is 0 Å². The minimum Gasteiger partial charge on any atom is -0.497 e. The highest BCUT2D eigenvalue weighted by molar-refractivity contribution is 6.85. The van der Waals surface area contributed by atoms with Crippen LogP contribution in [0, 0.1) is 31.1 Å². The van der Waals surface area contributed by atoms with Gasteiger partial charge in [0.15, 0.2) is 0 Å². The van der Waals surface area contributed by atoms with Gasteiger partial charge in [-0.25, -0.2) is 4.98 Å². The maximum Gasteiger partial charge on any atom is 0.209 e. The molecule has 4 rings (SSSR count). The van der Waals surface area contributed by atoms with Gasteiger partial charge in [0.25, 0.3) is 0 Å². The van der Waals surface area contributed by atoms with E-state index in [1.165, 1.54) is 27.6 Å². The summed E-state index contributed by atoms with van der Waals surface area (Å²) in [6.45, 7) is 9.57. The van der Waals surface area contributed by atoms with Crippen molar-refractivity contribution >= 4 is 17.6 Å². The lowest BCUT2D eigenvalue weighted by molar-refractivity contribution is 0.415. The molecule has 1 aromatic heterocycles. The van der Waals surface area contributed by atoms with Crippen LogP contribution in [0.25, 0.3) is 0 Å². The highest BCUT2D eigenvalue weighted by Crippen LogP contribution is 2.18. The van der Waals surface area contributed by atoms with E-state index in [4.69, 9.17) is 10.00 Å². The zero-order chi connectivity index (χ0) is 25.9. The monoisotopic (exact) mass is 477 g/mol. The fourth-order valence-corrected chi connectivity index (χ4v) is 4.50. The number of benzene rings is 3. The maximum absolute atomic E-state index is 8.92. The Hall–Kier alpha value is -3.78. The third kappa shape index (κ3) is 7.12. The van der Waals surface area contributed by atoms with Crippen molar-refractivity contribution in [1.82, 2.24) is 9.55 Å². The van der Waals surface area contributed by atoms with Gasteiger partial charge in [-0.3, -0.25) is 0 Å². The number of imidazole rings is 1. The molecule has 0 aliphatic rings. The van der Waals surface area contributed by atoms with E-state index in [0.29, 0.717) is 13.3 Å². The zero-order valence-corrected chi connectivity index (χ0v) is 22.1. The van der Waals surface area contributed by atoms with Gasteiger partial charge in [0, 0.05) is 25.4 Å². The third-order valence-corrected chi connectivity index (χ3v) is 6.58. The molecule has 0 spiro atoms. The Labute approximate surface area is 216 Å². The van der Waals surface area contributed by atoms with E-state index in [2.05, 4.69) is 103 Å². The number of rotatable bonds is 8. The lowest BCUT2D eigenvalue weighted by Gasteiger charge is -2.13. The Morgan fingerprint density at radius 3 is 2.28 bits per heavy atom. The van der Waals surface area contributed by atoms with Gasteiger partial charge in [0.1, 0.15) is 11.6 Å². The highest BCUT2D eigenvalue weighted by atomic mass is 16.5. The van der Waals surface area contributed by atoms with Crippen molar-refractivity contribution in [1.29, 1.82) is 5.26 Å². The Morgan fingerprint density at radius 2 is 1.64 bits per heavy atom. The van der Waals surface area contributed by atoms with Crippen molar-refractivity contribution in [3.8, 4) is 11.8 Å². The number of aryl methyl sites for hydroxylation is 2. The molecule has 4 nitrogen and oxygen atoms in total. The highest BCUT2D eigenvalue weighted by Gasteiger charge is 2.16. The molecule has 4 aromatic rings. The molecule has 1 atom stereocenters. The van der Waals surface area contributed by atoms with Gasteiger partial charge in [0.05, 0.1) is 19.1 Å². The van der Waals surface area contributed by atoms with Crippen LogP contribution in [-0.4, -0.2) is 23.4 Å². The van der Waals surface area contributed by atoms with E-state index in [9.17, 15) is 0 Å². The van der Waals surface area contributed by atoms with Crippen LogP contribution in [0.5, 0.6) is 5.75 Å². The lowest BCUT2D eigenvalue weighted by Crippen LogP contribution is -2.41. The predicted octanol–water partition coefficient (Wildman–Crippen LogP) is 5.57. The minimum atomic E-state index is 0.00548. The maximum atomic E-state index is 8.92. The largest absolute Gasteiger partial charge is 0.497 e. The zero-order valence-electron chi connectivity index (χ0n) is 22.1. The molecule has 1 heterocycles. The third-order valence-electron chi connectivity index (χ3n) is 6.58. The summed E-state index contributed by atoms with van der Waals surface area (Å²) < 4.78 is 7.37. The molecule has 0 aliphatic heterocycles. The van der Waals surface area contributed by atoms with E-state index in [0.717, 1.165) is 24.3 Å². The summed E-state index contributed by atoms with van der Waals surface area (Å²) in [6, 6.07) is 27.6. The van der Waals surface area contributed by atoms with Gasteiger partial charge < -0.3 is 9.30 Å². The van der Waals surface area contributed by atoms with Crippen molar-refractivity contribution in [2.45, 2.75) is 47.0 Å². The molecule has 1 unspecified atom stereocenters. The van der Waals surface area contributed by atoms with E-state index < -0.39 is 0 Å². The van der Waals surface area contributed by atoms with Crippen LogP contribution in [0.1, 0.15) is 36.4 Å². The van der Waals surface area contributed by atoms with Crippen molar-refractivity contribution in [2.24, 2.45) is 5.92 Å². The van der Waals surface area contributed by atoms with E-state index in [1.54, 1.807) is 7.11 Å². The van der Waals surface area contributed by atoms with Crippen molar-refractivity contribution in [3.05, 3.63) is 108 Å². The van der Waals surface area contributed by atoms with Crippen molar-refractivity contribution < 1.29 is 4.74 Å². The number of nitriles is 1. The molecule has 0 N–H and O–H groups in total. The Balaban J connectivity index is 0.000000202. The Kier molecular flexibility index (Phi) is 9.95. The molecule has 0 fully saturated rings. The van der Waals surface area contributed by atoms with E-state index in [1.807, 2.05) is 25.4 Å². The molecule has 0 bridgehead atoms. The first kappa shape index (κ1) is 26.8. The molecule has 0 radical (unpaired) electrons. The van der Waals surface area contributed by atoms with Gasteiger partial charge >= 0.3 is 0 Å². The SMILES string of the molecule is CCB(c1ccccc1)c1cccc(OC)c1.Cc1cccc(C)c1Cc1nccn1CC(C)C#N. The van der Waals surface area contributed by atoms with Gasteiger partial charge in [0.2, 0.25) is 6.71 Å². The second-order valence-corrected chi connectivity index (χ2v) is 9.22. The van der Waals surface area contributed by atoms with Gasteiger partial charge in [-0.05, 0) is 49.6 Å². The molecule has 0 amide bonds. The quantitative estimate of drug-likeness (QED) is 0.312. The van der Waals surface area contributed by atoms with Crippen molar-refractivity contribution in [2.75, 3.05) is 7.11 Å². The molecule has 36 heavy (non-hydrogen) atoms. The fraction of sp³-hybridized carbons (Fsp3) is 0.290. The summed E-state index contributed by atoms with van der Waals surface area (Å²) in [4.78, 5) is 4.43. The molecule has 0 aliphatic carbocycles. The number of methoxy groups -OCH3 is 1. The molecule has 3 aromatic carbocycles. The second kappa shape index (κ2) is 13.3. The molecule has 5 heteroatoms. The lowest BCUT2D eigenvalue weighted by atomic mass is 9.39. The second-order valence-electron chi connectivity index (χ2n) is 9.22. The fourth-order valence-electron chi connectivity index (χ4n) is 4.50. The van der Waals surface area contributed by atoms with Gasteiger partial charge in [-0.2, -0.15) is 5.26 Å². The normalized spacial score (nSPS) is 11.1.